The first-order valence-electron chi connectivity index (χ1n) is 10.1. The molecule has 172 valence electrons. The summed E-state index contributed by atoms with van der Waals surface area (Å²) in [6.07, 6.45) is 3.98. The number of amides is 2. The van der Waals surface area contributed by atoms with Crippen LogP contribution >= 0.6 is 0 Å². The molecule has 10 nitrogen and oxygen atoms in total. The van der Waals surface area contributed by atoms with Gasteiger partial charge in [0.25, 0.3) is 5.91 Å². The van der Waals surface area contributed by atoms with Crippen LogP contribution in [0.3, 0.4) is 0 Å². The normalized spacial score (nSPS) is 11.6. The van der Waals surface area contributed by atoms with E-state index >= 15 is 0 Å². The Morgan fingerprint density at radius 1 is 1.12 bits per heavy atom. The first-order chi connectivity index (χ1) is 16.1. The number of aromatic amines is 1. The molecule has 0 unspecified atom stereocenters. The van der Waals surface area contributed by atoms with Crippen molar-refractivity contribution in [1.82, 2.24) is 20.7 Å². The monoisotopic (exact) mass is 451 g/mol. The Balaban J connectivity index is 1.61. The summed E-state index contributed by atoms with van der Waals surface area (Å²) in [6, 6.07) is 13.5. The number of benzene rings is 2. The molecule has 0 aliphatic heterocycles. The molecule has 2 aromatic carbocycles. The van der Waals surface area contributed by atoms with Gasteiger partial charge in [0.05, 0.1) is 26.8 Å². The minimum atomic E-state index is -0.934. The van der Waals surface area contributed by atoms with E-state index in [1.165, 1.54) is 19.7 Å². The van der Waals surface area contributed by atoms with Crippen molar-refractivity contribution in [1.29, 1.82) is 0 Å². The number of imidazole rings is 1. The Bertz CT molecular complexity index is 1070. The molecule has 0 aliphatic carbocycles. The number of alkyl carbamates (subject to hydrolysis) is 1. The van der Waals surface area contributed by atoms with E-state index in [9.17, 15) is 9.59 Å². The van der Waals surface area contributed by atoms with Gasteiger partial charge in [-0.3, -0.25) is 4.79 Å². The van der Waals surface area contributed by atoms with Gasteiger partial charge in [-0.15, -0.1) is 0 Å². The zero-order valence-corrected chi connectivity index (χ0v) is 18.3. The zero-order valence-electron chi connectivity index (χ0n) is 18.3. The Labute approximate surface area is 191 Å². The number of hydrogen-bond donors (Lipinski definition) is 3. The van der Waals surface area contributed by atoms with Gasteiger partial charge in [0.15, 0.2) is 11.5 Å². The van der Waals surface area contributed by atoms with Crippen LogP contribution in [-0.4, -0.2) is 48.4 Å². The second kappa shape index (κ2) is 11.9. The van der Waals surface area contributed by atoms with Crippen LogP contribution in [0.5, 0.6) is 11.5 Å². The molecule has 2 amide bonds. The first kappa shape index (κ1) is 23.3. The highest BCUT2D eigenvalue weighted by Gasteiger charge is 2.22. The lowest BCUT2D eigenvalue weighted by Crippen LogP contribution is -2.47. The zero-order chi connectivity index (χ0) is 23.5. The molecule has 1 aromatic heterocycles. The van der Waals surface area contributed by atoms with E-state index < -0.39 is 18.0 Å². The number of ether oxygens (including phenoxy) is 3. The van der Waals surface area contributed by atoms with Crippen LogP contribution in [-0.2, 0) is 22.6 Å². The highest BCUT2D eigenvalue weighted by atomic mass is 16.5. The molecule has 3 rings (SSSR count). The Morgan fingerprint density at radius 2 is 1.91 bits per heavy atom. The maximum atomic E-state index is 12.7. The smallest absolute Gasteiger partial charge is 0.408 e. The first-order valence-corrected chi connectivity index (χ1v) is 10.1. The fourth-order valence-electron chi connectivity index (χ4n) is 2.91. The molecule has 3 aromatic rings. The molecule has 0 saturated carbocycles. The van der Waals surface area contributed by atoms with E-state index in [2.05, 4.69) is 25.8 Å². The highest BCUT2D eigenvalue weighted by Crippen LogP contribution is 2.26. The fraction of sp³-hybridized carbons (Fsp3) is 0.217. The van der Waals surface area contributed by atoms with E-state index in [-0.39, 0.29) is 13.0 Å². The summed E-state index contributed by atoms with van der Waals surface area (Å²) >= 11 is 0. The molecule has 10 heteroatoms. The third-order valence-corrected chi connectivity index (χ3v) is 4.60. The summed E-state index contributed by atoms with van der Waals surface area (Å²) in [7, 11) is 3.08. The standard InChI is InChI=1S/C23H25N5O5/c1-31-20-9-8-17(10-21(20)32-2)12-26-28-22(29)19(11-18-13-24-15-25-18)27-23(30)33-14-16-6-4-3-5-7-16/h3-10,12-13,15,19H,11,14H2,1-2H3,(H,24,25)(H,27,30)(H,28,29)/b26-12-/t19-/m0/s1. The van der Waals surface area contributed by atoms with E-state index in [0.717, 1.165) is 5.56 Å². The number of nitrogens with zero attached hydrogens (tertiary/aromatic N) is 2. The molecule has 3 N–H and O–H groups in total. The molecule has 33 heavy (non-hydrogen) atoms. The number of hydrazone groups is 1. The largest absolute Gasteiger partial charge is 0.493 e. The van der Waals surface area contributed by atoms with Crippen LogP contribution in [0.1, 0.15) is 16.8 Å². The average Bonchev–Trinajstić information content (AvgIpc) is 3.36. The molecule has 1 atom stereocenters. The minimum absolute atomic E-state index is 0.0858. The lowest BCUT2D eigenvalue weighted by Gasteiger charge is -2.16. The number of H-pyrrole nitrogens is 1. The van der Waals surface area contributed by atoms with Crippen molar-refractivity contribution >= 4 is 18.2 Å². The third kappa shape index (κ3) is 7.10. The predicted molar refractivity (Wildman–Crippen MR) is 121 cm³/mol. The lowest BCUT2D eigenvalue weighted by atomic mass is 10.1. The fourth-order valence-corrected chi connectivity index (χ4v) is 2.91. The average molecular weight is 451 g/mol. The quantitative estimate of drug-likeness (QED) is 0.321. The van der Waals surface area contributed by atoms with Gasteiger partial charge in [-0.2, -0.15) is 5.10 Å². The summed E-state index contributed by atoms with van der Waals surface area (Å²) in [6.45, 7) is 0.0858. The Hall–Kier alpha value is -4.34. The van der Waals surface area contributed by atoms with Gasteiger partial charge in [0.2, 0.25) is 0 Å². The molecule has 1 heterocycles. The number of carbonyl (C=O) groups excluding carboxylic acids is 2. The van der Waals surface area contributed by atoms with Gasteiger partial charge in [-0.25, -0.2) is 15.2 Å². The number of rotatable bonds is 10. The van der Waals surface area contributed by atoms with E-state index in [0.29, 0.717) is 22.8 Å². The van der Waals surface area contributed by atoms with Crippen LogP contribution in [0.2, 0.25) is 0 Å². The lowest BCUT2D eigenvalue weighted by molar-refractivity contribution is -0.123. The minimum Gasteiger partial charge on any atom is -0.493 e. The van der Waals surface area contributed by atoms with Crippen molar-refractivity contribution < 1.29 is 23.8 Å². The number of aromatic nitrogens is 2. The summed E-state index contributed by atoms with van der Waals surface area (Å²) in [5.74, 6) is 0.599. The van der Waals surface area contributed by atoms with E-state index in [4.69, 9.17) is 14.2 Å². The van der Waals surface area contributed by atoms with Crippen LogP contribution in [0, 0.1) is 0 Å². The van der Waals surface area contributed by atoms with E-state index in [1.54, 1.807) is 31.5 Å². The predicted octanol–water partition coefficient (Wildman–Crippen LogP) is 2.41. The van der Waals surface area contributed by atoms with Crippen molar-refractivity contribution in [3.05, 3.63) is 77.9 Å². The maximum absolute atomic E-state index is 12.7. The van der Waals surface area contributed by atoms with Gasteiger partial charge in [-0.05, 0) is 29.3 Å². The number of carbonyl (C=O) groups is 2. The van der Waals surface area contributed by atoms with Crippen molar-refractivity contribution in [2.75, 3.05) is 14.2 Å². The van der Waals surface area contributed by atoms with Crippen LogP contribution < -0.4 is 20.2 Å². The van der Waals surface area contributed by atoms with E-state index in [1.807, 2.05) is 30.3 Å². The van der Waals surface area contributed by atoms with Crippen LogP contribution in [0.25, 0.3) is 0 Å². The van der Waals surface area contributed by atoms with Crippen LogP contribution in [0.4, 0.5) is 4.79 Å². The molecule has 0 bridgehead atoms. The molecule has 0 aliphatic rings. The van der Waals surface area contributed by atoms with Gasteiger partial charge < -0.3 is 24.5 Å². The SMILES string of the molecule is COc1ccc(/C=N\NC(=O)[C@H](Cc2cnc[nH]2)NC(=O)OCc2ccccc2)cc1OC. The Morgan fingerprint density at radius 3 is 2.61 bits per heavy atom. The van der Waals surface area contributed by atoms with Gasteiger partial charge in [0.1, 0.15) is 12.6 Å². The summed E-state index contributed by atoms with van der Waals surface area (Å²) in [4.78, 5) is 31.9. The maximum Gasteiger partial charge on any atom is 0.408 e. The van der Waals surface area contributed by atoms with Crippen molar-refractivity contribution in [3.63, 3.8) is 0 Å². The molecular weight excluding hydrogens is 426 g/mol. The van der Waals surface area contributed by atoms with Gasteiger partial charge in [-0.1, -0.05) is 30.3 Å². The van der Waals surface area contributed by atoms with Crippen molar-refractivity contribution in [2.24, 2.45) is 5.10 Å². The second-order valence-corrected chi connectivity index (χ2v) is 6.89. The van der Waals surface area contributed by atoms with Crippen LogP contribution in [0.15, 0.2) is 66.2 Å². The molecular formula is C23H25N5O5. The van der Waals surface area contributed by atoms with Crippen molar-refractivity contribution in [2.45, 2.75) is 19.1 Å². The number of hydrogen-bond acceptors (Lipinski definition) is 7. The molecule has 0 radical (unpaired) electrons. The highest BCUT2D eigenvalue weighted by molar-refractivity contribution is 5.87. The van der Waals surface area contributed by atoms with Crippen molar-refractivity contribution in [3.8, 4) is 11.5 Å². The topological polar surface area (TPSA) is 127 Å². The van der Waals surface area contributed by atoms with Gasteiger partial charge in [0, 0.05) is 18.3 Å². The molecule has 0 spiro atoms. The Kier molecular flexibility index (Phi) is 8.41. The summed E-state index contributed by atoms with van der Waals surface area (Å²) in [5.41, 5.74) is 4.63. The molecule has 0 saturated heterocycles. The van der Waals surface area contributed by atoms with Gasteiger partial charge >= 0.3 is 6.09 Å². The number of nitrogens with one attached hydrogen (secondary N) is 3. The summed E-state index contributed by atoms with van der Waals surface area (Å²) < 4.78 is 15.7. The third-order valence-electron chi connectivity index (χ3n) is 4.60. The number of methoxy groups -OCH3 is 2. The second-order valence-electron chi connectivity index (χ2n) is 6.89. The summed E-state index contributed by atoms with van der Waals surface area (Å²) in [5, 5.41) is 6.56. The molecule has 0 fully saturated rings.